The molecule has 4 N–H and O–H groups in total. The lowest BCUT2D eigenvalue weighted by atomic mass is 10.1. The van der Waals surface area contributed by atoms with Gasteiger partial charge in [0.05, 0.1) is 6.42 Å². The van der Waals surface area contributed by atoms with E-state index in [4.69, 9.17) is 15.7 Å². The van der Waals surface area contributed by atoms with Crippen molar-refractivity contribution in [3.8, 4) is 0 Å². The quantitative estimate of drug-likeness (QED) is 0.566. The molecule has 8 nitrogen and oxygen atoms in total. The number of nitrogens with two attached hydrogens (primary N) is 1. The highest BCUT2D eigenvalue weighted by atomic mass is 16.7. The molecule has 0 radical (unpaired) electrons. The molecule has 0 aliphatic heterocycles. The average Bonchev–Trinajstić information content (AvgIpc) is 2.44. The summed E-state index contributed by atoms with van der Waals surface area (Å²) in [5.41, 5.74) is 6.12. The van der Waals surface area contributed by atoms with Crippen molar-refractivity contribution >= 4 is 17.9 Å². The zero-order valence-electron chi connectivity index (χ0n) is 12.0. The maximum atomic E-state index is 11.6. The number of rotatable bonds is 8. The van der Waals surface area contributed by atoms with Gasteiger partial charge in [-0.2, -0.15) is 0 Å². The van der Waals surface area contributed by atoms with E-state index in [0.29, 0.717) is 0 Å². The predicted octanol–water partition coefficient (Wildman–Crippen LogP) is -0.126. The minimum absolute atomic E-state index is 0.119. The molecule has 0 bridgehead atoms. The number of carboxylic acid groups (broad SMARTS) is 2. The highest BCUT2D eigenvalue weighted by Gasteiger charge is 2.28. The predicted molar refractivity (Wildman–Crippen MR) is 75.7 cm³/mol. The number of nitrogens with zero attached hydrogens (tertiary/aromatic N) is 1. The molecule has 120 valence electrons. The van der Waals surface area contributed by atoms with Crippen molar-refractivity contribution in [2.75, 3.05) is 7.05 Å². The van der Waals surface area contributed by atoms with Gasteiger partial charge in [-0.15, -0.1) is 5.06 Å². The fourth-order valence-corrected chi connectivity index (χ4v) is 1.75. The first kappa shape index (κ1) is 17.6. The van der Waals surface area contributed by atoms with Crippen molar-refractivity contribution in [2.45, 2.75) is 24.9 Å². The molecule has 0 heterocycles. The monoisotopic (exact) mass is 310 g/mol. The van der Waals surface area contributed by atoms with E-state index in [9.17, 15) is 19.5 Å². The van der Waals surface area contributed by atoms with E-state index in [1.165, 1.54) is 7.05 Å². The third-order valence-electron chi connectivity index (χ3n) is 2.93. The lowest BCUT2D eigenvalue weighted by Crippen LogP contribution is -2.45. The van der Waals surface area contributed by atoms with Crippen LogP contribution in [0.5, 0.6) is 0 Å². The van der Waals surface area contributed by atoms with Crippen LogP contribution in [0.15, 0.2) is 30.3 Å². The van der Waals surface area contributed by atoms with Crippen LogP contribution in [-0.4, -0.2) is 52.3 Å². The lowest BCUT2D eigenvalue weighted by molar-refractivity contribution is -0.201. The molecular formula is C14H18N2O6. The van der Waals surface area contributed by atoms with Gasteiger partial charge in [0, 0.05) is 13.5 Å². The first-order valence-corrected chi connectivity index (χ1v) is 6.50. The SMILES string of the molecule is CN(OC(=O)[C@@H](N)CC(=O)O)[C@@H](Cc1ccccc1)C(=O)O. The number of carbonyl (C=O) groups excluding carboxylic acids is 1. The van der Waals surface area contributed by atoms with E-state index in [-0.39, 0.29) is 6.42 Å². The van der Waals surface area contributed by atoms with Crippen LogP contribution in [0, 0.1) is 0 Å². The van der Waals surface area contributed by atoms with E-state index < -0.39 is 36.4 Å². The summed E-state index contributed by atoms with van der Waals surface area (Å²) in [5.74, 6) is -3.42. The second kappa shape index (κ2) is 8.11. The normalized spacial score (nSPS) is 13.4. The first-order valence-electron chi connectivity index (χ1n) is 6.50. The molecule has 0 aliphatic rings. The molecule has 22 heavy (non-hydrogen) atoms. The smallest absolute Gasteiger partial charge is 0.342 e. The average molecular weight is 310 g/mol. The molecule has 1 aromatic carbocycles. The fourth-order valence-electron chi connectivity index (χ4n) is 1.75. The topological polar surface area (TPSA) is 130 Å². The Balaban J connectivity index is 2.69. The van der Waals surface area contributed by atoms with E-state index in [0.717, 1.165) is 10.6 Å². The second-order valence-electron chi connectivity index (χ2n) is 4.70. The van der Waals surface area contributed by atoms with Crippen LogP contribution in [0.25, 0.3) is 0 Å². The summed E-state index contributed by atoms with van der Waals surface area (Å²) in [6, 6.07) is 6.37. The lowest BCUT2D eigenvalue weighted by Gasteiger charge is -2.24. The Kier molecular flexibility index (Phi) is 6.48. The van der Waals surface area contributed by atoms with Crippen LogP contribution in [0.2, 0.25) is 0 Å². The minimum Gasteiger partial charge on any atom is -0.481 e. The molecule has 0 saturated carbocycles. The molecule has 0 unspecified atom stereocenters. The summed E-state index contributed by atoms with van der Waals surface area (Å²) in [6.07, 6.45) is -0.475. The summed E-state index contributed by atoms with van der Waals surface area (Å²) in [5, 5.41) is 18.7. The van der Waals surface area contributed by atoms with E-state index in [1.807, 2.05) is 0 Å². The second-order valence-corrected chi connectivity index (χ2v) is 4.70. The van der Waals surface area contributed by atoms with Gasteiger partial charge in [0.15, 0.2) is 0 Å². The van der Waals surface area contributed by atoms with Gasteiger partial charge in [0.25, 0.3) is 0 Å². The molecular weight excluding hydrogens is 292 g/mol. The zero-order valence-corrected chi connectivity index (χ0v) is 12.0. The Labute approximate surface area is 127 Å². The summed E-state index contributed by atoms with van der Waals surface area (Å²) >= 11 is 0. The summed E-state index contributed by atoms with van der Waals surface area (Å²) in [6.45, 7) is 0. The number of likely N-dealkylation sites (N-methyl/N-ethyl adjacent to an activating group) is 1. The fraction of sp³-hybridized carbons (Fsp3) is 0.357. The van der Waals surface area contributed by atoms with Gasteiger partial charge in [-0.3, -0.25) is 9.59 Å². The van der Waals surface area contributed by atoms with Crippen molar-refractivity contribution in [1.82, 2.24) is 5.06 Å². The molecule has 0 amide bonds. The zero-order chi connectivity index (χ0) is 16.7. The van der Waals surface area contributed by atoms with Crippen molar-refractivity contribution in [1.29, 1.82) is 0 Å². The highest BCUT2D eigenvalue weighted by Crippen LogP contribution is 2.09. The van der Waals surface area contributed by atoms with Gasteiger partial charge in [0.2, 0.25) is 0 Å². The van der Waals surface area contributed by atoms with Crippen LogP contribution in [0.4, 0.5) is 0 Å². The number of hydroxylamine groups is 2. The van der Waals surface area contributed by atoms with Gasteiger partial charge in [-0.25, -0.2) is 4.79 Å². The Hall–Kier alpha value is -2.45. The van der Waals surface area contributed by atoms with E-state index in [1.54, 1.807) is 30.3 Å². The number of hydrogen-bond donors (Lipinski definition) is 3. The van der Waals surface area contributed by atoms with Crippen LogP contribution in [-0.2, 0) is 25.6 Å². The van der Waals surface area contributed by atoms with Crippen LogP contribution in [0.1, 0.15) is 12.0 Å². The van der Waals surface area contributed by atoms with Crippen LogP contribution >= 0.6 is 0 Å². The van der Waals surface area contributed by atoms with Crippen LogP contribution in [0.3, 0.4) is 0 Å². The standard InChI is InChI=1S/C14H18N2O6/c1-16(22-14(21)10(15)8-12(17)18)11(13(19)20)7-9-5-3-2-4-6-9/h2-6,10-11H,7-8,15H2,1H3,(H,17,18)(H,19,20)/t10-,11-/m0/s1. The number of carbonyl (C=O) groups is 3. The summed E-state index contributed by atoms with van der Waals surface area (Å²) in [4.78, 5) is 38.3. The Bertz CT molecular complexity index is 533. The Morgan fingerprint density at radius 1 is 1.23 bits per heavy atom. The molecule has 0 spiro atoms. The highest BCUT2D eigenvalue weighted by molar-refractivity contribution is 5.81. The van der Waals surface area contributed by atoms with Crippen molar-refractivity contribution in [2.24, 2.45) is 5.73 Å². The summed E-state index contributed by atoms with van der Waals surface area (Å²) < 4.78 is 0. The number of hydrogen-bond acceptors (Lipinski definition) is 6. The molecule has 1 aromatic rings. The van der Waals surface area contributed by atoms with Crippen molar-refractivity contribution < 1.29 is 29.4 Å². The molecule has 0 fully saturated rings. The third kappa shape index (κ3) is 5.51. The molecule has 8 heteroatoms. The minimum atomic E-state index is -1.36. The van der Waals surface area contributed by atoms with Gasteiger partial charge in [-0.1, -0.05) is 30.3 Å². The maximum Gasteiger partial charge on any atom is 0.342 e. The van der Waals surface area contributed by atoms with Gasteiger partial charge in [-0.05, 0) is 5.56 Å². The van der Waals surface area contributed by atoms with Crippen LogP contribution < -0.4 is 5.73 Å². The van der Waals surface area contributed by atoms with Gasteiger partial charge in [0.1, 0.15) is 12.1 Å². The summed E-state index contributed by atoms with van der Waals surface area (Å²) in [7, 11) is 1.28. The largest absolute Gasteiger partial charge is 0.481 e. The molecule has 0 aromatic heterocycles. The molecule has 0 saturated heterocycles. The van der Waals surface area contributed by atoms with Crippen molar-refractivity contribution in [3.05, 3.63) is 35.9 Å². The number of aliphatic carboxylic acids is 2. The van der Waals surface area contributed by atoms with Crippen molar-refractivity contribution in [3.63, 3.8) is 0 Å². The third-order valence-corrected chi connectivity index (χ3v) is 2.93. The Morgan fingerprint density at radius 2 is 1.82 bits per heavy atom. The molecule has 0 aliphatic carbocycles. The van der Waals surface area contributed by atoms with Gasteiger partial charge < -0.3 is 20.8 Å². The number of benzene rings is 1. The van der Waals surface area contributed by atoms with E-state index in [2.05, 4.69) is 0 Å². The molecule has 1 rings (SSSR count). The number of carboxylic acids is 2. The molecule has 2 atom stereocenters. The Morgan fingerprint density at radius 3 is 2.32 bits per heavy atom. The van der Waals surface area contributed by atoms with E-state index >= 15 is 0 Å². The maximum absolute atomic E-state index is 11.6. The van der Waals surface area contributed by atoms with Gasteiger partial charge >= 0.3 is 17.9 Å². The first-order chi connectivity index (χ1) is 10.3.